The monoisotopic (exact) mass is 225 g/mol. The zero-order valence-electron chi connectivity index (χ0n) is 9.81. The Morgan fingerprint density at radius 1 is 1.20 bits per heavy atom. The molecule has 0 aromatic heterocycles. The number of benzene rings is 1. The van der Waals surface area contributed by atoms with Crippen LogP contribution in [0.3, 0.4) is 0 Å². The topological polar surface area (TPSA) is 12.0 Å². The van der Waals surface area contributed by atoms with E-state index >= 15 is 0 Å². The van der Waals surface area contributed by atoms with Crippen LogP contribution < -0.4 is 5.32 Å². The van der Waals surface area contributed by atoms with Crippen molar-refractivity contribution in [3.63, 3.8) is 0 Å². The second-order valence-corrected chi connectivity index (χ2v) is 4.85. The van der Waals surface area contributed by atoms with Gasteiger partial charge < -0.3 is 5.32 Å². The SMILES string of the molecule is CCCCNC(C)(C)c1ccc(Cl)cc1. The standard InChI is InChI=1S/C13H20ClN/c1-4-5-10-15-13(2,3)11-6-8-12(14)9-7-11/h6-9,15H,4-5,10H2,1-3H3. The fourth-order valence-corrected chi connectivity index (χ4v) is 1.67. The van der Waals surface area contributed by atoms with Crippen LogP contribution in [-0.2, 0) is 5.54 Å². The van der Waals surface area contributed by atoms with Gasteiger partial charge in [-0.1, -0.05) is 37.1 Å². The second-order valence-electron chi connectivity index (χ2n) is 4.41. The maximum atomic E-state index is 5.87. The van der Waals surface area contributed by atoms with E-state index in [9.17, 15) is 0 Å². The van der Waals surface area contributed by atoms with Gasteiger partial charge in [0.1, 0.15) is 0 Å². The molecule has 0 aliphatic carbocycles. The van der Waals surface area contributed by atoms with Gasteiger partial charge in [0.2, 0.25) is 0 Å². The Morgan fingerprint density at radius 3 is 2.33 bits per heavy atom. The van der Waals surface area contributed by atoms with E-state index in [1.807, 2.05) is 12.1 Å². The fraction of sp³-hybridized carbons (Fsp3) is 0.538. The molecule has 0 amide bonds. The normalized spacial score (nSPS) is 11.7. The molecule has 2 heteroatoms. The van der Waals surface area contributed by atoms with Gasteiger partial charge in [-0.2, -0.15) is 0 Å². The highest BCUT2D eigenvalue weighted by molar-refractivity contribution is 6.30. The Labute approximate surface area is 97.8 Å². The van der Waals surface area contributed by atoms with Crippen molar-refractivity contribution in [2.24, 2.45) is 0 Å². The van der Waals surface area contributed by atoms with Crippen molar-refractivity contribution in [1.29, 1.82) is 0 Å². The predicted molar refractivity (Wildman–Crippen MR) is 67.4 cm³/mol. The Morgan fingerprint density at radius 2 is 1.80 bits per heavy atom. The van der Waals surface area contributed by atoms with Crippen molar-refractivity contribution in [2.45, 2.75) is 39.2 Å². The van der Waals surface area contributed by atoms with Crippen molar-refractivity contribution < 1.29 is 0 Å². The average molecular weight is 226 g/mol. The number of unbranched alkanes of at least 4 members (excludes halogenated alkanes) is 1. The first-order chi connectivity index (χ1) is 7.06. The van der Waals surface area contributed by atoms with E-state index < -0.39 is 0 Å². The van der Waals surface area contributed by atoms with Crippen molar-refractivity contribution >= 4 is 11.6 Å². The van der Waals surface area contributed by atoms with Crippen LogP contribution in [0.25, 0.3) is 0 Å². The zero-order chi connectivity index (χ0) is 11.3. The summed E-state index contributed by atoms with van der Waals surface area (Å²) in [7, 11) is 0. The number of hydrogen-bond donors (Lipinski definition) is 1. The number of nitrogens with one attached hydrogen (secondary N) is 1. The number of rotatable bonds is 5. The van der Waals surface area contributed by atoms with Crippen molar-refractivity contribution in [3.05, 3.63) is 34.9 Å². The molecule has 0 aliphatic rings. The van der Waals surface area contributed by atoms with Crippen molar-refractivity contribution in [3.8, 4) is 0 Å². The predicted octanol–water partition coefficient (Wildman–Crippen LogP) is 3.96. The van der Waals surface area contributed by atoms with Crippen molar-refractivity contribution in [1.82, 2.24) is 5.32 Å². The van der Waals surface area contributed by atoms with E-state index in [2.05, 4.69) is 38.2 Å². The Hall–Kier alpha value is -0.530. The van der Waals surface area contributed by atoms with Gasteiger partial charge in [0.05, 0.1) is 0 Å². The molecule has 15 heavy (non-hydrogen) atoms. The van der Waals surface area contributed by atoms with Crippen LogP contribution in [0.4, 0.5) is 0 Å². The summed E-state index contributed by atoms with van der Waals surface area (Å²) < 4.78 is 0. The molecule has 0 radical (unpaired) electrons. The molecule has 0 bridgehead atoms. The van der Waals surface area contributed by atoms with E-state index in [-0.39, 0.29) is 5.54 Å². The van der Waals surface area contributed by atoms with Gasteiger partial charge in [-0.3, -0.25) is 0 Å². The first kappa shape index (κ1) is 12.5. The highest BCUT2D eigenvalue weighted by atomic mass is 35.5. The second kappa shape index (κ2) is 5.53. The molecule has 1 aromatic rings. The first-order valence-corrected chi connectivity index (χ1v) is 5.95. The molecule has 1 nitrogen and oxygen atoms in total. The van der Waals surface area contributed by atoms with Gasteiger partial charge in [-0.25, -0.2) is 0 Å². The molecule has 0 saturated carbocycles. The lowest BCUT2D eigenvalue weighted by molar-refractivity contribution is 0.399. The summed E-state index contributed by atoms with van der Waals surface area (Å²) in [5.41, 5.74) is 1.31. The summed E-state index contributed by atoms with van der Waals surface area (Å²) in [6.45, 7) is 7.67. The van der Waals surface area contributed by atoms with Crippen molar-refractivity contribution in [2.75, 3.05) is 6.54 Å². The quantitative estimate of drug-likeness (QED) is 0.748. The van der Waals surface area contributed by atoms with Crippen LogP contribution >= 0.6 is 11.6 Å². The number of hydrogen-bond acceptors (Lipinski definition) is 1. The Kier molecular flexibility index (Phi) is 4.62. The summed E-state index contributed by atoms with van der Waals surface area (Å²) in [6.07, 6.45) is 2.45. The summed E-state index contributed by atoms with van der Waals surface area (Å²) in [5, 5.41) is 4.35. The third-order valence-electron chi connectivity index (χ3n) is 2.66. The van der Waals surface area contributed by atoms with Gasteiger partial charge in [0.25, 0.3) is 0 Å². The van der Waals surface area contributed by atoms with E-state index in [1.54, 1.807) is 0 Å². The molecule has 0 heterocycles. The minimum absolute atomic E-state index is 0.0275. The zero-order valence-corrected chi connectivity index (χ0v) is 10.6. The third-order valence-corrected chi connectivity index (χ3v) is 2.92. The number of halogens is 1. The molecule has 1 N–H and O–H groups in total. The van der Waals surface area contributed by atoms with E-state index in [0.29, 0.717) is 0 Å². The summed E-state index contributed by atoms with van der Waals surface area (Å²) in [6, 6.07) is 8.06. The largest absolute Gasteiger partial charge is 0.308 e. The average Bonchev–Trinajstić information content (AvgIpc) is 2.18. The third kappa shape index (κ3) is 3.84. The summed E-state index contributed by atoms with van der Waals surface area (Å²) in [4.78, 5) is 0. The molecular weight excluding hydrogens is 206 g/mol. The van der Waals surface area contributed by atoms with Crippen LogP contribution in [0.5, 0.6) is 0 Å². The van der Waals surface area contributed by atoms with E-state index in [4.69, 9.17) is 11.6 Å². The van der Waals surface area contributed by atoms with Crippen LogP contribution in [0.15, 0.2) is 24.3 Å². The van der Waals surface area contributed by atoms with Crippen LogP contribution in [0, 0.1) is 0 Å². The first-order valence-electron chi connectivity index (χ1n) is 5.57. The summed E-state index contributed by atoms with van der Waals surface area (Å²) in [5.74, 6) is 0. The molecule has 84 valence electrons. The molecule has 1 rings (SSSR count). The minimum Gasteiger partial charge on any atom is -0.308 e. The summed E-state index contributed by atoms with van der Waals surface area (Å²) >= 11 is 5.87. The molecule has 0 fully saturated rings. The maximum Gasteiger partial charge on any atom is 0.0406 e. The van der Waals surface area contributed by atoms with Crippen LogP contribution in [0.1, 0.15) is 39.2 Å². The lowest BCUT2D eigenvalue weighted by Crippen LogP contribution is -2.37. The smallest absolute Gasteiger partial charge is 0.0406 e. The van der Waals surface area contributed by atoms with Gasteiger partial charge in [-0.15, -0.1) is 0 Å². The molecule has 0 aliphatic heterocycles. The van der Waals surface area contributed by atoms with Gasteiger partial charge in [-0.05, 0) is 44.5 Å². The fourth-order valence-electron chi connectivity index (χ4n) is 1.55. The van der Waals surface area contributed by atoms with Gasteiger partial charge in [0.15, 0.2) is 0 Å². The Balaban J connectivity index is 2.63. The van der Waals surface area contributed by atoms with E-state index in [1.165, 1.54) is 18.4 Å². The lowest BCUT2D eigenvalue weighted by Gasteiger charge is -2.27. The Bertz CT molecular complexity index is 290. The maximum absolute atomic E-state index is 5.87. The molecule has 0 saturated heterocycles. The molecule has 0 atom stereocenters. The highest BCUT2D eigenvalue weighted by Crippen LogP contribution is 2.21. The van der Waals surface area contributed by atoms with Gasteiger partial charge in [0, 0.05) is 10.6 Å². The minimum atomic E-state index is 0.0275. The van der Waals surface area contributed by atoms with E-state index in [0.717, 1.165) is 11.6 Å². The van der Waals surface area contributed by atoms with Crippen LogP contribution in [0.2, 0.25) is 5.02 Å². The lowest BCUT2D eigenvalue weighted by atomic mass is 9.94. The molecule has 0 spiro atoms. The highest BCUT2D eigenvalue weighted by Gasteiger charge is 2.18. The van der Waals surface area contributed by atoms with Gasteiger partial charge >= 0.3 is 0 Å². The van der Waals surface area contributed by atoms with Crippen LogP contribution in [-0.4, -0.2) is 6.54 Å². The molecular formula is C13H20ClN. The molecule has 0 unspecified atom stereocenters. The molecule has 1 aromatic carbocycles.